The Balaban J connectivity index is 1.08. The minimum absolute atomic E-state index is 0.339. The van der Waals surface area contributed by atoms with Gasteiger partial charge in [0.2, 0.25) is 0 Å². The summed E-state index contributed by atoms with van der Waals surface area (Å²) in [6, 6.07) is 59.1. The number of nitrogens with one attached hydrogen (secondary N) is 1. The highest BCUT2D eigenvalue weighted by Gasteiger charge is 2.24. The van der Waals surface area contributed by atoms with E-state index in [4.69, 9.17) is 14.4 Å². The highest BCUT2D eigenvalue weighted by molar-refractivity contribution is 6.15. The van der Waals surface area contributed by atoms with Crippen molar-refractivity contribution in [2.45, 2.75) is 6.17 Å². The highest BCUT2D eigenvalue weighted by Crippen LogP contribution is 2.36. The number of amidine groups is 2. The average Bonchev–Trinajstić information content (AvgIpc) is 3.73. The molecule has 9 aromatic rings. The van der Waals surface area contributed by atoms with Gasteiger partial charge in [-0.15, -0.1) is 0 Å². The summed E-state index contributed by atoms with van der Waals surface area (Å²) in [7, 11) is 0. The van der Waals surface area contributed by atoms with Gasteiger partial charge in [0.05, 0.1) is 11.0 Å². The Hall–Kier alpha value is -6.72. The van der Waals surface area contributed by atoms with Crippen LogP contribution in [0.2, 0.25) is 0 Å². The van der Waals surface area contributed by atoms with Crippen LogP contribution in [0.5, 0.6) is 0 Å². The Bertz CT molecular complexity index is 2740. The average molecular weight is 643 g/mol. The molecule has 5 heteroatoms. The van der Waals surface area contributed by atoms with Crippen LogP contribution >= 0.6 is 0 Å². The van der Waals surface area contributed by atoms with Crippen LogP contribution in [0.25, 0.3) is 60.6 Å². The van der Waals surface area contributed by atoms with Gasteiger partial charge in [-0.05, 0) is 47.5 Å². The second-order valence-corrected chi connectivity index (χ2v) is 12.6. The quantitative estimate of drug-likeness (QED) is 0.203. The first-order valence-electron chi connectivity index (χ1n) is 16.9. The number of aromatic nitrogens is 1. The van der Waals surface area contributed by atoms with E-state index >= 15 is 0 Å². The normalized spacial score (nSPS) is 14.6. The van der Waals surface area contributed by atoms with E-state index in [1.165, 1.54) is 21.8 Å². The van der Waals surface area contributed by atoms with Crippen molar-refractivity contribution in [2.75, 3.05) is 0 Å². The fourth-order valence-corrected chi connectivity index (χ4v) is 7.34. The maximum atomic E-state index is 6.62. The second kappa shape index (κ2) is 11.5. The van der Waals surface area contributed by atoms with Gasteiger partial charge in [-0.25, -0.2) is 9.98 Å². The van der Waals surface area contributed by atoms with Crippen molar-refractivity contribution in [2.24, 2.45) is 9.98 Å². The summed E-state index contributed by atoms with van der Waals surface area (Å²) in [5.41, 5.74) is 10.3. The smallest absolute Gasteiger partial charge is 0.159 e. The largest absolute Gasteiger partial charge is 0.456 e. The molecule has 7 aromatic carbocycles. The first-order chi connectivity index (χ1) is 24.8. The van der Waals surface area contributed by atoms with Gasteiger partial charge in [-0.1, -0.05) is 127 Å². The molecule has 0 fully saturated rings. The third-order valence-electron chi connectivity index (χ3n) is 9.68. The second-order valence-electron chi connectivity index (χ2n) is 12.6. The number of furan rings is 1. The van der Waals surface area contributed by atoms with Crippen molar-refractivity contribution in [3.63, 3.8) is 0 Å². The fourth-order valence-electron chi connectivity index (χ4n) is 7.34. The van der Waals surface area contributed by atoms with Crippen LogP contribution in [-0.4, -0.2) is 16.2 Å². The van der Waals surface area contributed by atoms with E-state index in [1.54, 1.807) is 0 Å². The summed E-state index contributed by atoms with van der Waals surface area (Å²) >= 11 is 0. The number of aliphatic imine (C=N–C) groups is 2. The van der Waals surface area contributed by atoms with Crippen LogP contribution in [0.15, 0.2) is 184 Å². The lowest BCUT2D eigenvalue weighted by Gasteiger charge is -2.25. The van der Waals surface area contributed by atoms with Gasteiger partial charge in [-0.3, -0.25) is 0 Å². The Morgan fingerprint density at radius 2 is 1.10 bits per heavy atom. The fraction of sp³-hybridized carbons (Fsp3) is 0.0222. The molecule has 0 bridgehead atoms. The molecule has 0 saturated heterocycles. The third kappa shape index (κ3) is 4.63. The third-order valence-corrected chi connectivity index (χ3v) is 9.68. The van der Waals surface area contributed by atoms with Crippen molar-refractivity contribution < 1.29 is 4.42 Å². The van der Waals surface area contributed by atoms with Crippen molar-refractivity contribution >= 4 is 55.4 Å². The minimum atomic E-state index is -0.339. The molecule has 3 heterocycles. The molecule has 1 N–H and O–H groups in total. The molecule has 50 heavy (non-hydrogen) atoms. The SMILES string of the molecule is c1ccc(C2=NC(c3ccccc3-c3ccccc3)NC(c3ccc4c(c3)oc3cc(-n5c6ccccc6c6ccccc65)ccc34)=N2)cc1. The number of fused-ring (bicyclic) bond motifs is 6. The first-order valence-corrected chi connectivity index (χ1v) is 16.9. The summed E-state index contributed by atoms with van der Waals surface area (Å²) in [5.74, 6) is 1.44. The molecule has 1 atom stereocenters. The molecule has 236 valence electrons. The number of hydrogen-bond acceptors (Lipinski definition) is 4. The van der Waals surface area contributed by atoms with E-state index in [-0.39, 0.29) is 6.17 Å². The number of hydrogen-bond donors (Lipinski definition) is 1. The first kappa shape index (κ1) is 28.3. The maximum absolute atomic E-state index is 6.62. The number of para-hydroxylation sites is 2. The van der Waals surface area contributed by atoms with E-state index in [0.717, 1.165) is 61.3 Å². The van der Waals surface area contributed by atoms with Crippen LogP contribution < -0.4 is 5.32 Å². The van der Waals surface area contributed by atoms with Crippen molar-refractivity contribution in [1.82, 2.24) is 9.88 Å². The van der Waals surface area contributed by atoms with Gasteiger partial charge in [0, 0.05) is 50.0 Å². The standard InChI is InChI=1S/C45H30N4O/c1-3-13-29(14-4-1)33-17-7-8-20-38(33)45-47-43(30-15-5-2-6-16-30)46-44(48-45)31-23-25-36-37-26-24-32(28-42(37)50-41(36)27-31)49-39-21-11-9-18-34(39)35-19-10-12-22-40(35)49/h1-28,45H,(H,46,47,48). The van der Waals surface area contributed by atoms with Gasteiger partial charge in [0.15, 0.2) is 5.84 Å². The minimum Gasteiger partial charge on any atom is -0.456 e. The van der Waals surface area contributed by atoms with Gasteiger partial charge < -0.3 is 14.3 Å². The zero-order chi connectivity index (χ0) is 33.0. The predicted molar refractivity (Wildman–Crippen MR) is 205 cm³/mol. The number of nitrogens with zero attached hydrogens (tertiary/aromatic N) is 3. The molecular weight excluding hydrogens is 613 g/mol. The molecule has 2 aromatic heterocycles. The van der Waals surface area contributed by atoms with Crippen LogP contribution in [0.3, 0.4) is 0 Å². The lowest BCUT2D eigenvalue weighted by molar-refractivity contribution is 0.666. The number of rotatable bonds is 5. The Labute approximate surface area is 288 Å². The summed E-state index contributed by atoms with van der Waals surface area (Å²) in [4.78, 5) is 10.2. The van der Waals surface area contributed by atoms with Crippen molar-refractivity contribution in [1.29, 1.82) is 0 Å². The van der Waals surface area contributed by atoms with E-state index in [9.17, 15) is 0 Å². The van der Waals surface area contributed by atoms with Crippen molar-refractivity contribution in [3.05, 3.63) is 187 Å². The van der Waals surface area contributed by atoms with E-state index in [2.05, 4.69) is 155 Å². The summed E-state index contributed by atoms with van der Waals surface area (Å²) < 4.78 is 8.94. The van der Waals surface area contributed by atoms with Crippen LogP contribution in [-0.2, 0) is 0 Å². The summed E-state index contributed by atoms with van der Waals surface area (Å²) in [5, 5.41) is 8.29. The monoisotopic (exact) mass is 642 g/mol. The lowest BCUT2D eigenvalue weighted by Crippen LogP contribution is -2.33. The van der Waals surface area contributed by atoms with E-state index in [1.807, 2.05) is 24.3 Å². The lowest BCUT2D eigenvalue weighted by atomic mass is 9.97. The van der Waals surface area contributed by atoms with Gasteiger partial charge in [-0.2, -0.15) is 0 Å². The maximum Gasteiger partial charge on any atom is 0.159 e. The molecule has 0 spiro atoms. The van der Waals surface area contributed by atoms with Crippen LogP contribution in [0.1, 0.15) is 22.9 Å². The molecule has 0 aliphatic carbocycles. The Kier molecular flexibility index (Phi) is 6.49. The van der Waals surface area contributed by atoms with Crippen molar-refractivity contribution in [3.8, 4) is 16.8 Å². The topological polar surface area (TPSA) is 54.8 Å². The summed E-state index contributed by atoms with van der Waals surface area (Å²) in [6.45, 7) is 0. The molecule has 5 nitrogen and oxygen atoms in total. The zero-order valence-corrected chi connectivity index (χ0v) is 27.0. The number of benzene rings is 7. The predicted octanol–water partition coefficient (Wildman–Crippen LogP) is 10.8. The van der Waals surface area contributed by atoms with Crippen LogP contribution in [0, 0.1) is 0 Å². The Morgan fingerprint density at radius 1 is 0.500 bits per heavy atom. The molecule has 1 aliphatic rings. The van der Waals surface area contributed by atoms with Gasteiger partial charge in [0.25, 0.3) is 0 Å². The van der Waals surface area contributed by atoms with Crippen LogP contribution in [0.4, 0.5) is 0 Å². The molecule has 1 unspecified atom stereocenters. The van der Waals surface area contributed by atoms with Gasteiger partial charge >= 0.3 is 0 Å². The van der Waals surface area contributed by atoms with E-state index in [0.29, 0.717) is 5.84 Å². The molecule has 1 aliphatic heterocycles. The molecule has 10 rings (SSSR count). The van der Waals surface area contributed by atoms with E-state index < -0.39 is 0 Å². The summed E-state index contributed by atoms with van der Waals surface area (Å²) in [6.07, 6.45) is -0.339. The Morgan fingerprint density at radius 3 is 1.84 bits per heavy atom. The molecule has 0 saturated carbocycles. The highest BCUT2D eigenvalue weighted by atomic mass is 16.3. The molecular formula is C45H30N4O. The van der Waals surface area contributed by atoms with Gasteiger partial charge in [0.1, 0.15) is 23.2 Å². The molecule has 0 amide bonds. The zero-order valence-electron chi connectivity index (χ0n) is 27.0. The molecule has 0 radical (unpaired) electrons.